The molecule has 0 saturated heterocycles. The average molecular weight is 302 g/mol. The van der Waals surface area contributed by atoms with Crippen molar-refractivity contribution in [3.05, 3.63) is 0 Å². The number of methoxy groups -OCH3 is 2. The SMILES string of the molecule is COCCN(C(C)COC)S(=O)(=O)CCCCCl. The normalized spacial score (nSPS) is 14.1. The van der Waals surface area contributed by atoms with E-state index < -0.39 is 10.0 Å². The molecule has 0 aliphatic carbocycles. The molecule has 0 radical (unpaired) electrons. The van der Waals surface area contributed by atoms with Crippen LogP contribution in [0.2, 0.25) is 0 Å². The molecule has 7 heteroatoms. The number of hydrogen-bond acceptors (Lipinski definition) is 4. The Balaban J connectivity index is 4.59. The van der Waals surface area contributed by atoms with E-state index >= 15 is 0 Å². The Morgan fingerprint density at radius 3 is 2.39 bits per heavy atom. The van der Waals surface area contributed by atoms with E-state index in [0.29, 0.717) is 38.5 Å². The van der Waals surface area contributed by atoms with E-state index in [0.717, 1.165) is 0 Å². The molecule has 0 aromatic heterocycles. The van der Waals surface area contributed by atoms with Gasteiger partial charge >= 0.3 is 0 Å². The second kappa shape index (κ2) is 9.97. The third-order valence-electron chi connectivity index (χ3n) is 2.56. The van der Waals surface area contributed by atoms with Crippen molar-refractivity contribution in [2.24, 2.45) is 0 Å². The summed E-state index contributed by atoms with van der Waals surface area (Å²) < 4.78 is 35.8. The van der Waals surface area contributed by atoms with Crippen molar-refractivity contribution >= 4 is 21.6 Å². The highest BCUT2D eigenvalue weighted by Crippen LogP contribution is 2.10. The summed E-state index contributed by atoms with van der Waals surface area (Å²) in [6, 6.07) is -0.189. The van der Waals surface area contributed by atoms with Crippen LogP contribution in [0.15, 0.2) is 0 Å². The van der Waals surface area contributed by atoms with Crippen molar-refractivity contribution in [3.63, 3.8) is 0 Å². The molecule has 5 nitrogen and oxygen atoms in total. The molecule has 0 aliphatic heterocycles. The fourth-order valence-corrected chi connectivity index (χ4v) is 3.59. The monoisotopic (exact) mass is 301 g/mol. The maximum atomic E-state index is 12.2. The van der Waals surface area contributed by atoms with E-state index in [1.807, 2.05) is 6.92 Å². The molecule has 0 amide bonds. The zero-order valence-corrected chi connectivity index (χ0v) is 13.0. The summed E-state index contributed by atoms with van der Waals surface area (Å²) in [6.45, 7) is 2.93. The average Bonchev–Trinajstić information content (AvgIpc) is 2.29. The lowest BCUT2D eigenvalue weighted by Gasteiger charge is -2.27. The third-order valence-corrected chi connectivity index (χ3v) is 4.89. The Morgan fingerprint density at radius 1 is 1.22 bits per heavy atom. The highest BCUT2D eigenvalue weighted by atomic mass is 35.5. The second-order valence-electron chi connectivity index (χ2n) is 4.12. The lowest BCUT2D eigenvalue weighted by Crippen LogP contribution is -2.44. The minimum Gasteiger partial charge on any atom is -0.383 e. The van der Waals surface area contributed by atoms with Crippen molar-refractivity contribution < 1.29 is 17.9 Å². The van der Waals surface area contributed by atoms with Crippen LogP contribution in [0.5, 0.6) is 0 Å². The van der Waals surface area contributed by atoms with Crippen LogP contribution in [0.25, 0.3) is 0 Å². The molecule has 110 valence electrons. The van der Waals surface area contributed by atoms with Crippen molar-refractivity contribution in [3.8, 4) is 0 Å². The van der Waals surface area contributed by atoms with Gasteiger partial charge in [-0.25, -0.2) is 8.42 Å². The lowest BCUT2D eigenvalue weighted by molar-refractivity contribution is 0.119. The number of hydrogen-bond donors (Lipinski definition) is 0. The van der Waals surface area contributed by atoms with E-state index in [9.17, 15) is 8.42 Å². The Hall–Kier alpha value is 0.120. The van der Waals surface area contributed by atoms with Gasteiger partial charge in [0.25, 0.3) is 0 Å². The van der Waals surface area contributed by atoms with E-state index in [2.05, 4.69) is 0 Å². The zero-order valence-electron chi connectivity index (χ0n) is 11.4. The number of nitrogens with zero attached hydrogens (tertiary/aromatic N) is 1. The van der Waals surface area contributed by atoms with Crippen LogP contribution in [0.3, 0.4) is 0 Å². The lowest BCUT2D eigenvalue weighted by atomic mass is 10.3. The van der Waals surface area contributed by atoms with Crippen LogP contribution in [-0.4, -0.2) is 64.4 Å². The van der Waals surface area contributed by atoms with E-state index in [-0.39, 0.29) is 11.8 Å². The number of sulfonamides is 1. The van der Waals surface area contributed by atoms with Crippen LogP contribution in [0.4, 0.5) is 0 Å². The predicted octanol–water partition coefficient (Wildman–Crippen LogP) is 1.32. The first-order valence-electron chi connectivity index (χ1n) is 6.03. The Kier molecular flexibility index (Phi) is 10.0. The molecule has 0 heterocycles. The van der Waals surface area contributed by atoms with Gasteiger partial charge in [-0.3, -0.25) is 0 Å². The number of halogens is 1. The quantitative estimate of drug-likeness (QED) is 0.427. The standard InChI is InChI=1S/C11H24ClNO4S/c1-11(10-17-3)13(7-8-16-2)18(14,15)9-5-4-6-12/h11H,4-10H2,1-3H3. The zero-order chi connectivity index (χ0) is 14.0. The minimum absolute atomic E-state index is 0.123. The summed E-state index contributed by atoms with van der Waals surface area (Å²) in [6.07, 6.45) is 1.28. The molecule has 0 bridgehead atoms. The van der Waals surface area contributed by atoms with Gasteiger partial charge < -0.3 is 9.47 Å². The van der Waals surface area contributed by atoms with Gasteiger partial charge in [0, 0.05) is 32.7 Å². The molecule has 0 N–H and O–H groups in total. The van der Waals surface area contributed by atoms with Gasteiger partial charge in [0.2, 0.25) is 10.0 Å². The summed E-state index contributed by atoms with van der Waals surface area (Å²) in [5, 5.41) is 0. The van der Waals surface area contributed by atoms with Crippen LogP contribution < -0.4 is 0 Å². The first kappa shape index (κ1) is 18.1. The first-order chi connectivity index (χ1) is 8.49. The fraction of sp³-hybridized carbons (Fsp3) is 1.00. The van der Waals surface area contributed by atoms with E-state index in [1.165, 1.54) is 4.31 Å². The van der Waals surface area contributed by atoms with E-state index in [4.69, 9.17) is 21.1 Å². The number of alkyl halides is 1. The predicted molar refractivity (Wildman–Crippen MR) is 73.7 cm³/mol. The first-order valence-corrected chi connectivity index (χ1v) is 8.17. The van der Waals surface area contributed by atoms with Gasteiger partial charge in [-0.1, -0.05) is 0 Å². The Bertz CT molecular complexity index is 297. The highest BCUT2D eigenvalue weighted by Gasteiger charge is 2.26. The van der Waals surface area contributed by atoms with E-state index in [1.54, 1.807) is 14.2 Å². The van der Waals surface area contributed by atoms with Crippen LogP contribution >= 0.6 is 11.6 Å². The topological polar surface area (TPSA) is 55.8 Å². The van der Waals surface area contributed by atoms with Crippen LogP contribution in [0.1, 0.15) is 19.8 Å². The number of ether oxygens (including phenoxy) is 2. The molecule has 0 aliphatic rings. The molecule has 0 fully saturated rings. The third kappa shape index (κ3) is 6.89. The molecule has 1 atom stereocenters. The number of unbranched alkanes of at least 4 members (excludes halogenated alkanes) is 1. The number of rotatable bonds is 11. The highest BCUT2D eigenvalue weighted by molar-refractivity contribution is 7.89. The molecular weight excluding hydrogens is 278 g/mol. The second-order valence-corrected chi connectivity index (χ2v) is 6.54. The van der Waals surface area contributed by atoms with Gasteiger partial charge in [-0.05, 0) is 19.8 Å². The van der Waals surface area contributed by atoms with Gasteiger partial charge in [0.15, 0.2) is 0 Å². The summed E-state index contributed by atoms with van der Waals surface area (Å²) in [4.78, 5) is 0. The Labute approximate surface area is 115 Å². The maximum absolute atomic E-state index is 12.2. The summed E-state index contributed by atoms with van der Waals surface area (Å²) in [7, 11) is -0.158. The Morgan fingerprint density at radius 2 is 1.89 bits per heavy atom. The van der Waals surface area contributed by atoms with Gasteiger partial charge in [0.05, 0.1) is 19.0 Å². The van der Waals surface area contributed by atoms with Crippen LogP contribution in [0, 0.1) is 0 Å². The van der Waals surface area contributed by atoms with Gasteiger partial charge in [-0.2, -0.15) is 4.31 Å². The molecular formula is C11H24ClNO4S. The molecule has 0 rings (SSSR count). The molecule has 0 saturated carbocycles. The van der Waals surface area contributed by atoms with Crippen molar-refractivity contribution in [2.75, 3.05) is 45.6 Å². The summed E-state index contributed by atoms with van der Waals surface area (Å²) in [5.41, 5.74) is 0. The maximum Gasteiger partial charge on any atom is 0.214 e. The van der Waals surface area contributed by atoms with Gasteiger partial charge in [0.1, 0.15) is 0 Å². The van der Waals surface area contributed by atoms with Crippen molar-refractivity contribution in [1.29, 1.82) is 0 Å². The summed E-state index contributed by atoms with van der Waals surface area (Å²) >= 11 is 5.56. The molecule has 0 aromatic rings. The van der Waals surface area contributed by atoms with Crippen molar-refractivity contribution in [1.82, 2.24) is 4.31 Å². The largest absolute Gasteiger partial charge is 0.383 e. The summed E-state index contributed by atoms with van der Waals surface area (Å²) in [5.74, 6) is 0.610. The molecule has 1 unspecified atom stereocenters. The molecule has 0 spiro atoms. The van der Waals surface area contributed by atoms with Crippen molar-refractivity contribution in [2.45, 2.75) is 25.8 Å². The van der Waals surface area contributed by atoms with Gasteiger partial charge in [-0.15, -0.1) is 11.6 Å². The minimum atomic E-state index is -3.27. The van der Waals surface area contributed by atoms with Crippen LogP contribution in [-0.2, 0) is 19.5 Å². The molecule has 0 aromatic carbocycles. The fourth-order valence-electron chi connectivity index (χ4n) is 1.64. The smallest absolute Gasteiger partial charge is 0.214 e. The molecule has 18 heavy (non-hydrogen) atoms.